The minimum absolute atomic E-state index is 0.698. The highest BCUT2D eigenvalue weighted by Gasteiger charge is 2.13. The zero-order valence-corrected chi connectivity index (χ0v) is 11.1. The van der Waals surface area contributed by atoms with Gasteiger partial charge in [-0.3, -0.25) is 0 Å². The maximum atomic E-state index is 5.64. The average molecular weight is 270 g/mol. The van der Waals surface area contributed by atoms with Gasteiger partial charge in [-0.05, 0) is 48.9 Å². The summed E-state index contributed by atoms with van der Waals surface area (Å²) in [7, 11) is 0. The van der Waals surface area contributed by atoms with E-state index in [0.717, 1.165) is 23.9 Å². The first-order valence-corrected chi connectivity index (χ1v) is 6.37. The maximum Gasteiger partial charge on any atom is 0.0177 e. The molecule has 0 aromatic heterocycles. The number of nitrogens with two attached hydrogens (primary N) is 1. The van der Waals surface area contributed by atoms with Crippen molar-refractivity contribution in [1.82, 2.24) is 0 Å². The summed E-state index contributed by atoms with van der Waals surface area (Å²) in [5.41, 5.74) is 7.04. The van der Waals surface area contributed by atoms with Gasteiger partial charge >= 0.3 is 0 Å². The van der Waals surface area contributed by atoms with Gasteiger partial charge in [-0.2, -0.15) is 0 Å². The first-order valence-electron chi connectivity index (χ1n) is 5.58. The van der Waals surface area contributed by atoms with E-state index in [1.54, 1.807) is 0 Å². The first-order chi connectivity index (χ1) is 7.13. The second kappa shape index (κ2) is 6.29. The van der Waals surface area contributed by atoms with Crippen molar-refractivity contribution in [3.8, 4) is 0 Å². The van der Waals surface area contributed by atoms with Crippen LogP contribution in [0, 0.1) is 11.8 Å². The third-order valence-electron chi connectivity index (χ3n) is 2.87. The van der Waals surface area contributed by atoms with Crippen LogP contribution in [0.25, 0.3) is 0 Å². The molecule has 2 heteroatoms. The molecular weight excluding hydrogens is 250 g/mol. The third kappa shape index (κ3) is 4.35. The quantitative estimate of drug-likeness (QED) is 0.869. The summed E-state index contributed by atoms with van der Waals surface area (Å²) in [6.07, 6.45) is 2.25. The van der Waals surface area contributed by atoms with Gasteiger partial charge in [0.2, 0.25) is 0 Å². The molecule has 0 heterocycles. The molecule has 0 aliphatic heterocycles. The molecular formula is C13H20BrN. The molecule has 0 bridgehead atoms. The standard InChI is InChI=1S/C13H20BrN/c1-10(2)12(6-7-15)8-11-4-3-5-13(14)9-11/h3-5,9-10,12H,6-8,15H2,1-2H3. The van der Waals surface area contributed by atoms with E-state index in [1.807, 2.05) is 0 Å². The van der Waals surface area contributed by atoms with E-state index < -0.39 is 0 Å². The molecule has 1 nitrogen and oxygen atoms in total. The van der Waals surface area contributed by atoms with Crippen molar-refractivity contribution in [1.29, 1.82) is 0 Å². The zero-order valence-electron chi connectivity index (χ0n) is 9.54. The Morgan fingerprint density at radius 1 is 1.33 bits per heavy atom. The molecule has 0 aliphatic carbocycles. The molecule has 0 radical (unpaired) electrons. The van der Waals surface area contributed by atoms with Crippen molar-refractivity contribution in [2.24, 2.45) is 17.6 Å². The van der Waals surface area contributed by atoms with Crippen molar-refractivity contribution >= 4 is 15.9 Å². The lowest BCUT2D eigenvalue weighted by Gasteiger charge is -2.20. The van der Waals surface area contributed by atoms with Crippen LogP contribution in [-0.4, -0.2) is 6.54 Å². The van der Waals surface area contributed by atoms with E-state index in [4.69, 9.17) is 5.73 Å². The van der Waals surface area contributed by atoms with Crippen LogP contribution in [0.2, 0.25) is 0 Å². The van der Waals surface area contributed by atoms with Crippen LogP contribution in [0.3, 0.4) is 0 Å². The van der Waals surface area contributed by atoms with Crippen molar-refractivity contribution in [3.05, 3.63) is 34.3 Å². The normalized spacial score (nSPS) is 13.1. The lowest BCUT2D eigenvalue weighted by molar-refractivity contribution is 0.362. The molecule has 0 saturated carbocycles. The minimum Gasteiger partial charge on any atom is -0.330 e. The summed E-state index contributed by atoms with van der Waals surface area (Å²) < 4.78 is 1.16. The molecule has 84 valence electrons. The Balaban J connectivity index is 2.65. The van der Waals surface area contributed by atoms with Gasteiger partial charge in [0.05, 0.1) is 0 Å². The monoisotopic (exact) mass is 269 g/mol. The second-order valence-electron chi connectivity index (χ2n) is 4.42. The molecule has 1 aromatic rings. The maximum absolute atomic E-state index is 5.64. The van der Waals surface area contributed by atoms with Crippen molar-refractivity contribution in [2.45, 2.75) is 26.7 Å². The number of benzene rings is 1. The van der Waals surface area contributed by atoms with Crippen LogP contribution < -0.4 is 5.73 Å². The van der Waals surface area contributed by atoms with Gasteiger partial charge in [-0.1, -0.05) is 41.9 Å². The molecule has 1 atom stereocenters. The molecule has 1 unspecified atom stereocenters. The van der Waals surface area contributed by atoms with E-state index in [-0.39, 0.29) is 0 Å². The van der Waals surface area contributed by atoms with Crippen LogP contribution in [0.4, 0.5) is 0 Å². The lowest BCUT2D eigenvalue weighted by Crippen LogP contribution is -2.16. The lowest BCUT2D eigenvalue weighted by atomic mass is 9.87. The topological polar surface area (TPSA) is 26.0 Å². The van der Waals surface area contributed by atoms with Gasteiger partial charge in [-0.15, -0.1) is 0 Å². The molecule has 0 saturated heterocycles. The smallest absolute Gasteiger partial charge is 0.0177 e. The van der Waals surface area contributed by atoms with E-state index in [0.29, 0.717) is 11.8 Å². The van der Waals surface area contributed by atoms with Crippen molar-refractivity contribution < 1.29 is 0 Å². The van der Waals surface area contributed by atoms with Crippen LogP contribution in [0.5, 0.6) is 0 Å². The van der Waals surface area contributed by atoms with Gasteiger partial charge < -0.3 is 5.73 Å². The summed E-state index contributed by atoms with van der Waals surface area (Å²) in [5.74, 6) is 1.40. The van der Waals surface area contributed by atoms with Crippen LogP contribution in [0.15, 0.2) is 28.7 Å². The fraction of sp³-hybridized carbons (Fsp3) is 0.538. The fourth-order valence-electron chi connectivity index (χ4n) is 1.85. The summed E-state index contributed by atoms with van der Waals surface area (Å²) in [5, 5.41) is 0. The van der Waals surface area contributed by atoms with Crippen molar-refractivity contribution in [2.75, 3.05) is 6.54 Å². The molecule has 1 rings (SSSR count). The summed E-state index contributed by atoms with van der Waals surface area (Å²) >= 11 is 3.50. The first kappa shape index (κ1) is 12.7. The predicted molar refractivity (Wildman–Crippen MR) is 69.8 cm³/mol. The summed E-state index contributed by atoms with van der Waals surface area (Å²) in [6.45, 7) is 5.34. The van der Waals surface area contributed by atoms with Crippen LogP contribution in [0.1, 0.15) is 25.8 Å². The van der Waals surface area contributed by atoms with E-state index >= 15 is 0 Å². The van der Waals surface area contributed by atoms with Gasteiger partial charge in [-0.25, -0.2) is 0 Å². The molecule has 0 spiro atoms. The molecule has 0 fully saturated rings. The van der Waals surface area contributed by atoms with Crippen LogP contribution in [-0.2, 0) is 6.42 Å². The highest BCUT2D eigenvalue weighted by molar-refractivity contribution is 9.10. The van der Waals surface area contributed by atoms with Gasteiger partial charge in [0, 0.05) is 4.47 Å². The molecule has 1 aromatic carbocycles. The average Bonchev–Trinajstić information content (AvgIpc) is 2.17. The number of halogens is 1. The fourth-order valence-corrected chi connectivity index (χ4v) is 2.30. The van der Waals surface area contributed by atoms with E-state index in [2.05, 4.69) is 54.0 Å². The Hall–Kier alpha value is -0.340. The SMILES string of the molecule is CC(C)C(CCN)Cc1cccc(Br)c1. The Bertz CT molecular complexity index is 296. The van der Waals surface area contributed by atoms with Gasteiger partial charge in [0.1, 0.15) is 0 Å². The second-order valence-corrected chi connectivity index (χ2v) is 5.33. The zero-order chi connectivity index (χ0) is 11.3. The molecule has 2 N–H and O–H groups in total. The number of hydrogen-bond acceptors (Lipinski definition) is 1. The van der Waals surface area contributed by atoms with Crippen molar-refractivity contribution in [3.63, 3.8) is 0 Å². The molecule has 15 heavy (non-hydrogen) atoms. The van der Waals surface area contributed by atoms with E-state index in [9.17, 15) is 0 Å². The largest absolute Gasteiger partial charge is 0.330 e. The molecule has 0 aliphatic rings. The predicted octanol–water partition coefficient (Wildman–Crippen LogP) is 3.61. The summed E-state index contributed by atoms with van der Waals surface area (Å²) in [6, 6.07) is 8.55. The van der Waals surface area contributed by atoms with Crippen LogP contribution >= 0.6 is 15.9 Å². The molecule has 0 amide bonds. The highest BCUT2D eigenvalue weighted by Crippen LogP contribution is 2.22. The number of hydrogen-bond donors (Lipinski definition) is 1. The highest BCUT2D eigenvalue weighted by atomic mass is 79.9. The van der Waals surface area contributed by atoms with Gasteiger partial charge in [0.15, 0.2) is 0 Å². The Kier molecular flexibility index (Phi) is 5.34. The Morgan fingerprint density at radius 2 is 2.07 bits per heavy atom. The minimum atomic E-state index is 0.698. The summed E-state index contributed by atoms with van der Waals surface area (Å²) in [4.78, 5) is 0. The Labute approximate surface area is 101 Å². The van der Waals surface area contributed by atoms with Gasteiger partial charge in [0.25, 0.3) is 0 Å². The Morgan fingerprint density at radius 3 is 2.60 bits per heavy atom. The third-order valence-corrected chi connectivity index (χ3v) is 3.36. The van der Waals surface area contributed by atoms with E-state index in [1.165, 1.54) is 5.56 Å². The number of rotatable bonds is 5.